The molecule has 5 N–H and O–H groups in total. The van der Waals surface area contributed by atoms with E-state index in [1.165, 1.54) is 24.3 Å². The molecule has 0 saturated carbocycles. The summed E-state index contributed by atoms with van der Waals surface area (Å²) < 4.78 is 28.0. The number of hydroxylamine groups is 2. The standard InChI is InChI=1S/C40H54N5O12P/c1-5-8-9-10-31(33(6-2)45(26-46)57-40(50)30-13-11-28(21-27(30)4)23-44-17-19-54-20-18-44)37(47)41-24-42-39(49)35-16-15-34(56-35)29-12-14-32(36(22-29)55-7-3)38(48)43-25-58(51,52)53/h11-16,21-22,26,31,33H,5-10,17-20,23-25H2,1-4H3,(H,41,47)(H,42,49)(H,43,48)(H2,51,52,53)/t31-,33-/m1/s1. The number of rotatable bonds is 22. The number of benzene rings is 2. The summed E-state index contributed by atoms with van der Waals surface area (Å²) in [5.41, 5.74) is 2.55. The highest BCUT2D eigenvalue weighted by Gasteiger charge is 2.34. The third kappa shape index (κ3) is 13.2. The summed E-state index contributed by atoms with van der Waals surface area (Å²) in [5, 5.41) is 8.42. The van der Waals surface area contributed by atoms with Gasteiger partial charge >= 0.3 is 13.6 Å². The van der Waals surface area contributed by atoms with Crippen molar-refractivity contribution in [2.24, 2.45) is 5.92 Å². The highest BCUT2D eigenvalue weighted by molar-refractivity contribution is 7.51. The van der Waals surface area contributed by atoms with Crippen LogP contribution in [0.15, 0.2) is 52.9 Å². The highest BCUT2D eigenvalue weighted by Crippen LogP contribution is 2.33. The fraction of sp³-hybridized carbons (Fsp3) is 0.475. The van der Waals surface area contributed by atoms with Crippen molar-refractivity contribution in [1.82, 2.24) is 25.9 Å². The second-order valence-electron chi connectivity index (χ2n) is 13.8. The van der Waals surface area contributed by atoms with Gasteiger partial charge in [-0.05, 0) is 68.1 Å². The lowest BCUT2D eigenvalue weighted by Crippen LogP contribution is -2.49. The quantitative estimate of drug-likeness (QED) is 0.0313. The van der Waals surface area contributed by atoms with Gasteiger partial charge in [0, 0.05) is 25.2 Å². The van der Waals surface area contributed by atoms with Crippen molar-refractivity contribution in [2.45, 2.75) is 72.4 Å². The normalized spacial score (nSPS) is 14.2. The van der Waals surface area contributed by atoms with Gasteiger partial charge in [0.05, 0.1) is 49.6 Å². The van der Waals surface area contributed by atoms with Gasteiger partial charge in [-0.2, -0.15) is 5.06 Å². The van der Waals surface area contributed by atoms with Crippen LogP contribution in [0.1, 0.15) is 95.3 Å². The molecule has 1 aromatic heterocycles. The molecule has 4 rings (SSSR count). The summed E-state index contributed by atoms with van der Waals surface area (Å²) >= 11 is 0. The number of carbonyl (C=O) groups excluding carboxylic acids is 5. The third-order valence-electron chi connectivity index (χ3n) is 9.58. The molecule has 2 aromatic carbocycles. The summed E-state index contributed by atoms with van der Waals surface area (Å²) in [4.78, 5) is 91.2. The minimum atomic E-state index is -4.48. The molecule has 1 aliphatic heterocycles. The minimum Gasteiger partial charge on any atom is -0.493 e. The van der Waals surface area contributed by atoms with E-state index < -0.39 is 49.5 Å². The summed E-state index contributed by atoms with van der Waals surface area (Å²) in [5.74, 6) is -2.96. The van der Waals surface area contributed by atoms with Gasteiger partial charge in [0.15, 0.2) is 5.76 Å². The molecule has 316 valence electrons. The highest BCUT2D eigenvalue weighted by atomic mass is 31.2. The second-order valence-corrected chi connectivity index (χ2v) is 15.5. The molecule has 2 atom stereocenters. The number of nitrogens with one attached hydrogen (secondary N) is 3. The van der Waals surface area contributed by atoms with Gasteiger partial charge in [-0.1, -0.05) is 51.3 Å². The Morgan fingerprint density at radius 1 is 0.948 bits per heavy atom. The molecule has 0 unspecified atom stereocenters. The van der Waals surface area contributed by atoms with Gasteiger partial charge in [0.1, 0.15) is 17.8 Å². The lowest BCUT2D eigenvalue weighted by atomic mass is 9.90. The number of aryl methyl sites for hydroxylation is 1. The topological polar surface area (TPSA) is 226 Å². The molecule has 1 fully saturated rings. The number of nitrogens with zero attached hydrogens (tertiary/aromatic N) is 2. The van der Waals surface area contributed by atoms with Crippen molar-refractivity contribution in [3.05, 3.63) is 76.5 Å². The van der Waals surface area contributed by atoms with Crippen molar-refractivity contribution in [2.75, 3.05) is 45.9 Å². The first-order valence-corrected chi connectivity index (χ1v) is 21.2. The maximum atomic E-state index is 13.7. The Kier molecular flexibility index (Phi) is 17.5. The lowest BCUT2D eigenvalue weighted by molar-refractivity contribution is -0.171. The molecule has 17 nitrogen and oxygen atoms in total. The van der Waals surface area contributed by atoms with Crippen LogP contribution in [0.3, 0.4) is 0 Å². The predicted molar refractivity (Wildman–Crippen MR) is 212 cm³/mol. The van der Waals surface area contributed by atoms with Crippen LogP contribution in [0.5, 0.6) is 5.75 Å². The number of hydrogen-bond donors (Lipinski definition) is 5. The minimum absolute atomic E-state index is 0.0483. The number of morpholine rings is 1. The molecule has 0 radical (unpaired) electrons. The summed E-state index contributed by atoms with van der Waals surface area (Å²) in [6.45, 7) is 11.0. The number of unbranched alkanes of at least 4 members (excludes halogenated alkanes) is 2. The zero-order valence-electron chi connectivity index (χ0n) is 33.4. The zero-order chi connectivity index (χ0) is 42.2. The van der Waals surface area contributed by atoms with Gasteiger partial charge in [-0.3, -0.25) is 28.6 Å². The van der Waals surface area contributed by atoms with Gasteiger partial charge < -0.3 is 44.5 Å². The molecule has 4 amide bonds. The van der Waals surface area contributed by atoms with Crippen LogP contribution in [0, 0.1) is 12.8 Å². The van der Waals surface area contributed by atoms with Crippen LogP contribution in [0.25, 0.3) is 11.3 Å². The molecule has 1 saturated heterocycles. The van der Waals surface area contributed by atoms with Gasteiger partial charge in [-0.25, -0.2) is 4.79 Å². The smallest absolute Gasteiger partial charge is 0.363 e. The largest absolute Gasteiger partial charge is 0.493 e. The average Bonchev–Trinajstić information content (AvgIpc) is 3.70. The molecular formula is C40H54N5O12P. The van der Waals surface area contributed by atoms with E-state index in [0.717, 1.165) is 43.1 Å². The molecule has 1 aliphatic rings. The Hall–Kier alpha value is -5.06. The molecular weight excluding hydrogens is 773 g/mol. The van der Waals surface area contributed by atoms with E-state index >= 15 is 0 Å². The number of amides is 4. The van der Waals surface area contributed by atoms with E-state index in [9.17, 15) is 28.5 Å². The first-order chi connectivity index (χ1) is 27.8. The Morgan fingerprint density at radius 2 is 1.69 bits per heavy atom. The fourth-order valence-electron chi connectivity index (χ4n) is 6.59. The monoisotopic (exact) mass is 827 g/mol. The molecule has 0 spiro atoms. The summed E-state index contributed by atoms with van der Waals surface area (Å²) in [6, 6.07) is 12.1. The van der Waals surface area contributed by atoms with Crippen molar-refractivity contribution < 1.29 is 57.1 Å². The summed E-state index contributed by atoms with van der Waals surface area (Å²) in [7, 11) is -4.48. The molecule has 0 bridgehead atoms. The van der Waals surface area contributed by atoms with E-state index in [1.54, 1.807) is 32.9 Å². The Bertz CT molecular complexity index is 1920. The van der Waals surface area contributed by atoms with Crippen molar-refractivity contribution in [3.8, 4) is 17.1 Å². The van der Waals surface area contributed by atoms with Crippen LogP contribution >= 0.6 is 7.60 Å². The summed E-state index contributed by atoms with van der Waals surface area (Å²) in [6.07, 6.45) is 2.70. The van der Waals surface area contributed by atoms with Gasteiger partial charge in [-0.15, -0.1) is 0 Å². The molecule has 0 aliphatic carbocycles. The lowest BCUT2D eigenvalue weighted by Gasteiger charge is -2.32. The van der Waals surface area contributed by atoms with Crippen molar-refractivity contribution >= 4 is 37.7 Å². The maximum Gasteiger partial charge on any atom is 0.363 e. The Labute approximate surface area is 337 Å². The van der Waals surface area contributed by atoms with E-state index in [4.69, 9.17) is 28.5 Å². The molecule has 58 heavy (non-hydrogen) atoms. The Balaban J connectivity index is 1.38. The predicted octanol–water partition coefficient (Wildman–Crippen LogP) is 4.36. The molecule has 3 aromatic rings. The van der Waals surface area contributed by atoms with Crippen molar-refractivity contribution in [1.29, 1.82) is 0 Å². The average molecular weight is 828 g/mol. The fourth-order valence-corrected chi connectivity index (χ4v) is 6.94. The maximum absolute atomic E-state index is 13.7. The number of ether oxygens (including phenoxy) is 2. The van der Waals surface area contributed by atoms with E-state index in [0.29, 0.717) is 55.6 Å². The first kappa shape index (κ1) is 45.6. The van der Waals surface area contributed by atoms with Crippen LogP contribution in [-0.2, 0) is 30.3 Å². The molecule has 2 heterocycles. The van der Waals surface area contributed by atoms with Crippen LogP contribution < -0.4 is 20.7 Å². The SMILES string of the molecule is CCCCC[C@@H](C(=O)NCNC(=O)c1ccc(-c2ccc(C(=O)NCP(=O)(O)O)c(OCC)c2)o1)[C@@H](CC)N(C=O)OC(=O)c1ccc(CN2CCOCC2)cc1C. The second kappa shape index (κ2) is 22.2. The van der Waals surface area contributed by atoms with Gasteiger partial charge in [0.25, 0.3) is 11.8 Å². The molecule has 18 heteroatoms. The van der Waals surface area contributed by atoms with E-state index in [-0.39, 0.29) is 36.1 Å². The van der Waals surface area contributed by atoms with E-state index in [1.807, 2.05) is 19.1 Å². The number of carbonyl (C=O) groups is 5. The van der Waals surface area contributed by atoms with Crippen LogP contribution in [0.2, 0.25) is 0 Å². The van der Waals surface area contributed by atoms with Crippen LogP contribution in [-0.4, -0.2) is 102 Å². The van der Waals surface area contributed by atoms with Crippen molar-refractivity contribution in [3.63, 3.8) is 0 Å². The zero-order valence-corrected chi connectivity index (χ0v) is 34.3. The number of furan rings is 1. The third-order valence-corrected chi connectivity index (χ3v) is 10.1. The first-order valence-electron chi connectivity index (χ1n) is 19.4. The number of hydrogen-bond acceptors (Lipinski definition) is 11. The Morgan fingerprint density at radius 3 is 2.34 bits per heavy atom. The van der Waals surface area contributed by atoms with Crippen LogP contribution in [0.4, 0.5) is 0 Å². The van der Waals surface area contributed by atoms with Gasteiger partial charge in [0.2, 0.25) is 12.3 Å². The van der Waals surface area contributed by atoms with E-state index in [2.05, 4.69) is 20.9 Å².